The van der Waals surface area contributed by atoms with E-state index in [2.05, 4.69) is 46.1 Å². The maximum Gasteiger partial charge on any atom is 0.410 e. The summed E-state index contributed by atoms with van der Waals surface area (Å²) < 4.78 is 5.66. The van der Waals surface area contributed by atoms with Crippen LogP contribution in [-0.4, -0.2) is 69.7 Å². The van der Waals surface area contributed by atoms with Gasteiger partial charge in [-0.15, -0.1) is 0 Å². The van der Waals surface area contributed by atoms with Crippen molar-refractivity contribution in [1.82, 2.24) is 24.8 Å². The zero-order valence-corrected chi connectivity index (χ0v) is 23.1. The number of carbonyl (C=O) groups is 1. The number of aromatic nitrogens is 3. The van der Waals surface area contributed by atoms with Gasteiger partial charge in [-0.05, 0) is 89.1 Å². The molecule has 8 heteroatoms. The fourth-order valence-corrected chi connectivity index (χ4v) is 6.71. The Hall–Kier alpha value is -3.13. The van der Waals surface area contributed by atoms with Crippen LogP contribution in [0.25, 0.3) is 11.0 Å². The van der Waals surface area contributed by atoms with Crippen molar-refractivity contribution in [2.24, 2.45) is 11.8 Å². The first kappa shape index (κ1) is 25.2. The Morgan fingerprint density at radius 1 is 1.13 bits per heavy atom. The van der Waals surface area contributed by atoms with E-state index in [4.69, 9.17) is 14.7 Å². The number of benzene rings is 1. The first-order valence-electron chi connectivity index (χ1n) is 14.1. The summed E-state index contributed by atoms with van der Waals surface area (Å²) in [5.41, 5.74) is 5.45. The van der Waals surface area contributed by atoms with Crippen LogP contribution in [0.15, 0.2) is 36.5 Å². The third-order valence-electron chi connectivity index (χ3n) is 8.21. The van der Waals surface area contributed by atoms with E-state index in [1.807, 2.05) is 37.9 Å². The highest BCUT2D eigenvalue weighted by Gasteiger charge is 2.38. The average molecular weight is 517 g/mol. The summed E-state index contributed by atoms with van der Waals surface area (Å²) in [6.07, 6.45) is 6.34. The topological polar surface area (TPSA) is 77.6 Å². The van der Waals surface area contributed by atoms with Crippen molar-refractivity contribution in [2.45, 2.75) is 64.6 Å². The molecule has 1 aromatic carbocycles. The number of imidazole rings is 1. The lowest BCUT2D eigenvalue weighted by Gasteiger charge is -2.46. The molecule has 1 aliphatic carbocycles. The molecule has 6 rings (SSSR count). The van der Waals surface area contributed by atoms with Crippen LogP contribution >= 0.6 is 0 Å². The Bertz CT molecular complexity index is 1300. The number of amides is 1. The highest BCUT2D eigenvalue weighted by molar-refractivity contribution is 5.89. The zero-order valence-electron chi connectivity index (χ0n) is 23.1. The molecule has 2 saturated heterocycles. The van der Waals surface area contributed by atoms with Gasteiger partial charge in [0.05, 0.1) is 29.5 Å². The van der Waals surface area contributed by atoms with E-state index in [1.54, 1.807) is 0 Å². The summed E-state index contributed by atoms with van der Waals surface area (Å²) in [5.74, 6) is 1.87. The molecule has 3 aromatic rings. The Balaban J connectivity index is 1.17. The molecular weight excluding hydrogens is 476 g/mol. The van der Waals surface area contributed by atoms with Crippen LogP contribution in [-0.2, 0) is 17.7 Å². The Morgan fingerprint density at radius 2 is 1.92 bits per heavy atom. The monoisotopic (exact) mass is 516 g/mol. The standard InChI is InChI=1S/C30H40N6O2/c1-30(2,3)38-29(37)36-17-20-14-21(18-36)16-35(15-20)25-12-6-10-23-28(25)33-26(32-23)19-34(4)24-11-5-8-22-9-7-13-31-27(22)24/h6-7,9-10,12-13,20-21,24H,5,8,11,14-19H2,1-4H3,(H,32,33)/t20-,21-,24-/m0/s1. The van der Waals surface area contributed by atoms with Crippen LogP contribution in [0.5, 0.6) is 0 Å². The lowest BCUT2D eigenvalue weighted by atomic mass is 9.84. The van der Waals surface area contributed by atoms with Crippen LogP contribution < -0.4 is 4.90 Å². The van der Waals surface area contributed by atoms with Crippen molar-refractivity contribution in [3.63, 3.8) is 0 Å². The van der Waals surface area contributed by atoms with Crippen molar-refractivity contribution in [2.75, 3.05) is 38.1 Å². The number of hydrogen-bond acceptors (Lipinski definition) is 6. The Labute approximate surface area is 225 Å². The van der Waals surface area contributed by atoms with Crippen molar-refractivity contribution < 1.29 is 9.53 Å². The van der Waals surface area contributed by atoms with Gasteiger partial charge in [0.25, 0.3) is 0 Å². The van der Waals surface area contributed by atoms with Gasteiger partial charge in [-0.25, -0.2) is 9.78 Å². The molecule has 1 N–H and O–H groups in total. The lowest BCUT2D eigenvalue weighted by Crippen LogP contribution is -2.55. The molecule has 38 heavy (non-hydrogen) atoms. The lowest BCUT2D eigenvalue weighted by molar-refractivity contribution is 0.00763. The second-order valence-electron chi connectivity index (χ2n) is 12.5. The van der Waals surface area contributed by atoms with E-state index in [1.165, 1.54) is 29.8 Å². The maximum absolute atomic E-state index is 12.7. The molecule has 0 spiro atoms. The smallest absolute Gasteiger partial charge is 0.410 e. The van der Waals surface area contributed by atoms with E-state index in [0.717, 1.165) is 62.4 Å². The molecule has 2 aliphatic heterocycles. The highest BCUT2D eigenvalue weighted by atomic mass is 16.6. The molecule has 4 heterocycles. The van der Waals surface area contributed by atoms with E-state index < -0.39 is 5.60 Å². The number of nitrogens with zero attached hydrogens (tertiary/aromatic N) is 5. The first-order chi connectivity index (χ1) is 18.2. The van der Waals surface area contributed by atoms with E-state index in [-0.39, 0.29) is 6.09 Å². The average Bonchev–Trinajstić information content (AvgIpc) is 3.29. The minimum absolute atomic E-state index is 0.181. The fourth-order valence-electron chi connectivity index (χ4n) is 6.71. The second kappa shape index (κ2) is 9.88. The van der Waals surface area contributed by atoms with Crippen LogP contribution in [0, 0.1) is 11.8 Å². The first-order valence-corrected chi connectivity index (χ1v) is 14.1. The van der Waals surface area contributed by atoms with Crippen molar-refractivity contribution in [3.05, 3.63) is 53.6 Å². The molecule has 2 aromatic heterocycles. The number of aryl methyl sites for hydroxylation is 1. The van der Waals surface area contributed by atoms with Crippen LogP contribution in [0.2, 0.25) is 0 Å². The number of hydrogen-bond donors (Lipinski definition) is 1. The van der Waals surface area contributed by atoms with Gasteiger partial charge in [0.15, 0.2) is 0 Å². The number of aromatic amines is 1. The predicted molar refractivity (Wildman–Crippen MR) is 149 cm³/mol. The minimum atomic E-state index is -0.464. The van der Waals surface area contributed by atoms with E-state index in [9.17, 15) is 4.79 Å². The fraction of sp³-hybridized carbons (Fsp3) is 0.567. The number of piperidine rings is 2. The summed E-state index contributed by atoms with van der Waals surface area (Å²) in [6, 6.07) is 11.0. The maximum atomic E-state index is 12.7. The molecule has 0 radical (unpaired) electrons. The molecule has 3 aliphatic rings. The number of pyridine rings is 1. The van der Waals surface area contributed by atoms with Crippen LogP contribution in [0.1, 0.15) is 63.2 Å². The van der Waals surface area contributed by atoms with Crippen LogP contribution in [0.3, 0.4) is 0 Å². The zero-order chi connectivity index (χ0) is 26.4. The number of likely N-dealkylation sites (tertiary alicyclic amines) is 1. The predicted octanol–water partition coefficient (Wildman–Crippen LogP) is 5.16. The largest absolute Gasteiger partial charge is 0.444 e. The Morgan fingerprint density at radius 3 is 2.68 bits per heavy atom. The van der Waals surface area contributed by atoms with Gasteiger partial charge in [0.2, 0.25) is 0 Å². The Kier molecular flexibility index (Phi) is 6.54. The van der Waals surface area contributed by atoms with E-state index in [0.29, 0.717) is 17.9 Å². The number of rotatable bonds is 4. The van der Waals surface area contributed by atoms with Gasteiger partial charge in [-0.2, -0.15) is 0 Å². The summed E-state index contributed by atoms with van der Waals surface area (Å²) in [4.78, 5) is 32.9. The third-order valence-corrected chi connectivity index (χ3v) is 8.21. The molecule has 8 nitrogen and oxygen atoms in total. The molecule has 2 bridgehead atoms. The van der Waals surface area contributed by atoms with Gasteiger partial charge >= 0.3 is 6.09 Å². The normalized spacial score (nSPS) is 23.6. The second-order valence-corrected chi connectivity index (χ2v) is 12.5. The van der Waals surface area contributed by atoms with Gasteiger partial charge in [0.1, 0.15) is 16.9 Å². The number of carbonyl (C=O) groups excluding carboxylic acids is 1. The molecule has 0 saturated carbocycles. The number of fused-ring (bicyclic) bond motifs is 4. The molecule has 0 unspecified atom stereocenters. The number of nitrogens with one attached hydrogen (secondary N) is 1. The summed E-state index contributed by atoms with van der Waals surface area (Å²) in [6.45, 7) is 9.92. The quantitative estimate of drug-likeness (QED) is 0.516. The van der Waals surface area contributed by atoms with Gasteiger partial charge < -0.3 is 19.5 Å². The molecule has 2 fully saturated rings. The number of para-hydroxylation sites is 1. The number of ether oxygens (including phenoxy) is 1. The summed E-state index contributed by atoms with van der Waals surface area (Å²) >= 11 is 0. The highest BCUT2D eigenvalue weighted by Crippen LogP contribution is 2.36. The van der Waals surface area contributed by atoms with Gasteiger partial charge in [0, 0.05) is 32.4 Å². The summed E-state index contributed by atoms with van der Waals surface area (Å²) in [5, 5.41) is 0. The number of anilines is 1. The van der Waals surface area contributed by atoms with Gasteiger partial charge in [-0.3, -0.25) is 9.88 Å². The SMILES string of the molecule is CN(Cc1nc2c(N3C[C@@H]4C[C@H](CN(C(=O)OC(C)(C)C)C4)C3)cccc2[nH]1)[C@H]1CCCc2cccnc21. The molecule has 3 atom stereocenters. The summed E-state index contributed by atoms with van der Waals surface area (Å²) in [7, 11) is 2.19. The molecule has 1 amide bonds. The number of H-pyrrole nitrogens is 1. The molecular formula is C30H40N6O2. The van der Waals surface area contributed by atoms with Crippen molar-refractivity contribution >= 4 is 22.8 Å². The van der Waals surface area contributed by atoms with Crippen molar-refractivity contribution in [3.8, 4) is 0 Å². The third kappa shape index (κ3) is 5.10. The van der Waals surface area contributed by atoms with Gasteiger partial charge in [-0.1, -0.05) is 12.1 Å². The molecule has 202 valence electrons. The van der Waals surface area contributed by atoms with E-state index >= 15 is 0 Å². The minimum Gasteiger partial charge on any atom is -0.444 e. The van der Waals surface area contributed by atoms with Crippen molar-refractivity contribution in [1.29, 1.82) is 0 Å². The van der Waals surface area contributed by atoms with Crippen LogP contribution in [0.4, 0.5) is 10.5 Å².